The van der Waals surface area contributed by atoms with Gasteiger partial charge in [0.1, 0.15) is 23.4 Å². The number of aromatic amines is 1. The van der Waals surface area contributed by atoms with E-state index in [1.54, 1.807) is 0 Å². The highest BCUT2D eigenvalue weighted by Crippen LogP contribution is 2.66. The van der Waals surface area contributed by atoms with E-state index in [2.05, 4.69) is 39.9 Å². The van der Waals surface area contributed by atoms with Crippen LogP contribution >= 0.6 is 47.3 Å². The maximum atomic E-state index is 12.0. The Morgan fingerprint density at radius 2 is 1.97 bits per heavy atom. The molecule has 0 saturated carbocycles. The molecule has 2 aromatic heterocycles. The Balaban J connectivity index is 1.87. The second-order valence-corrected chi connectivity index (χ2v) is 12.2. The van der Waals surface area contributed by atoms with Crippen molar-refractivity contribution in [3.05, 3.63) is 11.0 Å². The van der Waals surface area contributed by atoms with E-state index in [1.165, 1.54) is 17.8 Å². The summed E-state index contributed by atoms with van der Waals surface area (Å²) in [4.78, 5) is 44.9. The Morgan fingerprint density at radius 1 is 1.31 bits per heavy atom. The first-order valence-corrected chi connectivity index (χ1v) is 14.3. The minimum Gasteiger partial charge on any atom is -0.387 e. The number of hydrogen-bond donors (Lipinski definition) is 7. The molecule has 0 aliphatic carbocycles. The number of H-pyrrole nitrogens is 1. The Morgan fingerprint density at radius 3 is 2.57 bits per heavy atom. The summed E-state index contributed by atoms with van der Waals surface area (Å²) in [5.74, 6) is 5.06. The van der Waals surface area contributed by atoms with Crippen LogP contribution in [-0.4, -0.2) is 67.9 Å². The molecule has 0 aromatic carbocycles. The van der Waals surface area contributed by atoms with Crippen molar-refractivity contribution in [3.8, 4) is 11.8 Å². The number of fused-ring (bicyclic) bond motifs is 1. The molecule has 194 valence electrons. The first-order valence-electron chi connectivity index (χ1n) is 8.95. The number of nitrogens with two attached hydrogens (primary N) is 1. The van der Waals surface area contributed by atoms with Gasteiger partial charge in [-0.05, 0) is 6.92 Å². The van der Waals surface area contributed by atoms with E-state index >= 15 is 0 Å². The summed E-state index contributed by atoms with van der Waals surface area (Å²) in [6.45, 7) is 0.461. The number of imidazole rings is 1. The summed E-state index contributed by atoms with van der Waals surface area (Å²) in [6, 6.07) is 0. The number of phosphoric ester groups is 1. The summed E-state index contributed by atoms with van der Waals surface area (Å²) >= 11 is 11.7. The summed E-state index contributed by atoms with van der Waals surface area (Å²) in [6.07, 6.45) is -3.23. The molecule has 6 atom stereocenters. The Kier molecular flexibility index (Phi) is 8.01. The van der Waals surface area contributed by atoms with Gasteiger partial charge in [0.15, 0.2) is 21.7 Å². The van der Waals surface area contributed by atoms with Crippen LogP contribution in [0.15, 0.2) is 6.33 Å². The van der Waals surface area contributed by atoms with E-state index in [-0.39, 0.29) is 21.8 Å². The van der Waals surface area contributed by atoms with E-state index in [0.717, 1.165) is 0 Å². The average Bonchev–Trinajstić information content (AvgIpc) is 3.17. The van der Waals surface area contributed by atoms with Crippen molar-refractivity contribution in [2.24, 2.45) is 0 Å². The van der Waals surface area contributed by atoms with Crippen molar-refractivity contribution >= 4 is 64.4 Å². The van der Waals surface area contributed by atoms with E-state index in [9.17, 15) is 28.6 Å². The molecule has 1 fully saturated rings. The van der Waals surface area contributed by atoms with Gasteiger partial charge in [-0.3, -0.25) is 9.09 Å². The largest absolute Gasteiger partial charge is 0.490 e. The van der Waals surface area contributed by atoms with E-state index in [4.69, 9.17) is 44.1 Å². The molecule has 0 bridgehead atoms. The van der Waals surface area contributed by atoms with Crippen molar-refractivity contribution < 1.29 is 56.3 Å². The summed E-state index contributed by atoms with van der Waals surface area (Å²) in [5, 5.41) is 10.8. The van der Waals surface area contributed by atoms with Crippen molar-refractivity contribution in [3.63, 3.8) is 0 Å². The summed E-state index contributed by atoms with van der Waals surface area (Å²) in [7, 11) is -16.8. The smallest absolute Gasteiger partial charge is 0.387 e. The van der Waals surface area contributed by atoms with Gasteiger partial charge >= 0.3 is 23.5 Å². The van der Waals surface area contributed by atoms with Gasteiger partial charge in [-0.15, -0.1) is 5.92 Å². The zero-order valence-electron chi connectivity index (χ0n) is 17.2. The number of aliphatic hydroxyl groups is 1. The monoisotopic (exact) mass is 595 g/mol. The van der Waals surface area contributed by atoms with Gasteiger partial charge in [-0.2, -0.15) is 8.62 Å². The fraction of sp³-hybridized carbons (Fsp3) is 0.462. The van der Waals surface area contributed by atoms with Crippen LogP contribution in [0.5, 0.6) is 0 Å². The van der Waals surface area contributed by atoms with Gasteiger partial charge in [0.2, 0.25) is 0 Å². The molecule has 1 aliphatic rings. The fourth-order valence-electron chi connectivity index (χ4n) is 3.08. The fourth-order valence-corrected chi connectivity index (χ4v) is 6.75. The lowest BCUT2D eigenvalue weighted by Crippen LogP contribution is -2.41. The molecule has 0 radical (unpaired) electrons. The van der Waals surface area contributed by atoms with Crippen molar-refractivity contribution in [2.45, 2.75) is 30.2 Å². The van der Waals surface area contributed by atoms with Crippen molar-refractivity contribution in [1.29, 1.82) is 0 Å². The highest BCUT2D eigenvalue weighted by molar-refractivity contribution is 7.71. The molecular weight excluding hydrogens is 579 g/mol. The zero-order chi connectivity index (χ0) is 26.4. The van der Waals surface area contributed by atoms with Crippen LogP contribution in [0.2, 0.25) is 0 Å². The van der Waals surface area contributed by atoms with Gasteiger partial charge in [0.25, 0.3) is 0 Å². The lowest BCUT2D eigenvalue weighted by Gasteiger charge is -2.25. The summed E-state index contributed by atoms with van der Waals surface area (Å²) < 4.78 is 53.1. The third kappa shape index (κ3) is 6.37. The second-order valence-electron chi connectivity index (χ2n) is 6.78. The molecule has 8 N–H and O–H groups in total. The quantitative estimate of drug-likeness (QED) is 0.0956. The molecule has 3 heterocycles. The molecule has 17 nitrogen and oxygen atoms in total. The molecule has 22 heteroatoms. The zero-order valence-corrected chi connectivity index (χ0v) is 21.4. The lowest BCUT2D eigenvalue weighted by atomic mass is 9.99. The molecule has 0 spiro atoms. The lowest BCUT2D eigenvalue weighted by molar-refractivity contribution is -0.0428. The Hall–Kier alpha value is -1.25. The maximum absolute atomic E-state index is 12.0. The Labute approximate surface area is 205 Å². The molecule has 2 aromatic rings. The number of halogens is 1. The third-order valence-electron chi connectivity index (χ3n) is 4.30. The topological polar surface area (TPSA) is 262 Å². The minimum absolute atomic E-state index is 0.0551. The molecule has 3 rings (SSSR count). The van der Waals surface area contributed by atoms with Gasteiger partial charge in [-0.1, -0.05) is 29.7 Å². The molecule has 3 unspecified atom stereocenters. The van der Waals surface area contributed by atoms with Crippen LogP contribution in [0.3, 0.4) is 0 Å². The normalized spacial score (nSPS) is 28.3. The molecular formula is C13H17ClN5O12P3S. The summed E-state index contributed by atoms with van der Waals surface area (Å²) in [5.41, 5.74) is 6.12. The predicted molar refractivity (Wildman–Crippen MR) is 119 cm³/mol. The molecule has 0 amide bonds. The maximum Gasteiger partial charge on any atom is 0.490 e. The third-order valence-corrected chi connectivity index (χ3v) is 8.89. The van der Waals surface area contributed by atoms with Gasteiger partial charge in [-0.25, -0.2) is 23.7 Å². The first-order chi connectivity index (χ1) is 16.0. The van der Waals surface area contributed by atoms with E-state index < -0.39 is 53.4 Å². The number of anilines is 1. The van der Waals surface area contributed by atoms with Crippen molar-refractivity contribution in [2.75, 3.05) is 12.3 Å². The number of aliphatic hydroxyl groups excluding tert-OH is 1. The van der Waals surface area contributed by atoms with E-state index in [1.807, 2.05) is 0 Å². The number of nitrogen functional groups attached to an aromatic ring is 1. The molecule has 35 heavy (non-hydrogen) atoms. The standard InChI is InChI=1S/C13H17ClN5O12P3S/c1-2-3-13(14)8(20)6(4-28-33(24,25)31-34(26,27)30-32(21,22)23)29-11(13)19-5-16-7-9(19)17-12(15)18-10(7)35/h5-6,8,11,20H,4H2,1H3,(H,24,25)(H,26,27)(H2,21,22,23)(H3,15,17,18,35)/t6-,8+,11-,13?/m1/s1. The van der Waals surface area contributed by atoms with Crippen LogP contribution in [0.4, 0.5) is 5.95 Å². The van der Waals surface area contributed by atoms with Crippen LogP contribution in [0, 0.1) is 16.5 Å². The Bertz CT molecular complexity index is 1400. The number of hydrogen-bond acceptors (Lipinski definition) is 12. The SMILES string of the molecule is CC#CC1(Cl)[C@@H](O)[C@@H](COP(=O)(O)OP(=O)(O)OP(=O)(O)O)O[C@H]1n1cnc2c(=S)nc(N)[nH]c21. The van der Waals surface area contributed by atoms with Gasteiger partial charge < -0.3 is 40.1 Å². The average molecular weight is 596 g/mol. The van der Waals surface area contributed by atoms with Crippen LogP contribution in [0.25, 0.3) is 11.2 Å². The van der Waals surface area contributed by atoms with E-state index in [0.29, 0.717) is 0 Å². The number of phosphoric acid groups is 3. The number of alkyl halides is 1. The first kappa shape index (κ1) is 28.3. The highest BCUT2D eigenvalue weighted by atomic mass is 35.5. The van der Waals surface area contributed by atoms with Crippen molar-refractivity contribution in [1.82, 2.24) is 19.5 Å². The second kappa shape index (κ2) is 9.90. The number of ether oxygens (including phenoxy) is 1. The van der Waals surface area contributed by atoms with Gasteiger partial charge in [0, 0.05) is 0 Å². The predicted octanol–water partition coefficient (Wildman–Crippen LogP) is 0.674. The van der Waals surface area contributed by atoms with Crippen LogP contribution in [-0.2, 0) is 31.6 Å². The minimum atomic E-state index is -5.73. The molecule has 1 aliphatic heterocycles. The van der Waals surface area contributed by atoms with Crippen LogP contribution in [0.1, 0.15) is 13.2 Å². The number of nitrogens with zero attached hydrogens (tertiary/aromatic N) is 3. The number of rotatable bonds is 8. The molecule has 1 saturated heterocycles. The number of aromatic nitrogens is 4. The highest BCUT2D eigenvalue weighted by Gasteiger charge is 2.56. The van der Waals surface area contributed by atoms with Crippen LogP contribution < -0.4 is 5.73 Å². The number of nitrogens with one attached hydrogen (secondary N) is 1. The van der Waals surface area contributed by atoms with Gasteiger partial charge in [0.05, 0.1) is 12.9 Å².